The van der Waals surface area contributed by atoms with E-state index in [0.717, 1.165) is 12.7 Å². The maximum atomic E-state index is 10.9. The molecule has 1 rings (SSSR count). The molecule has 0 aliphatic rings. The van der Waals surface area contributed by atoms with Gasteiger partial charge in [-0.2, -0.15) is 0 Å². The average molecular weight is 432 g/mol. The summed E-state index contributed by atoms with van der Waals surface area (Å²) in [6.07, 6.45) is 0. The van der Waals surface area contributed by atoms with Gasteiger partial charge in [0, 0.05) is 9.13 Å². The Bertz CT molecular complexity index is 390. The van der Waals surface area contributed by atoms with Crippen molar-refractivity contribution in [2.45, 2.75) is 12.8 Å². The van der Waals surface area contributed by atoms with E-state index in [4.69, 9.17) is 9.84 Å². The van der Waals surface area contributed by atoms with Crippen LogP contribution in [0.5, 0.6) is 5.75 Å². The Labute approximate surface area is 115 Å². The van der Waals surface area contributed by atoms with Gasteiger partial charge in [0.2, 0.25) is 0 Å². The SMILES string of the molecule is COc1c(I)cc(I)cc1C(C)C(=O)O. The van der Waals surface area contributed by atoms with Crippen molar-refractivity contribution in [2.24, 2.45) is 0 Å². The normalized spacial score (nSPS) is 12.3. The number of methoxy groups -OCH3 is 1. The third kappa shape index (κ3) is 2.96. The van der Waals surface area contributed by atoms with Crippen LogP contribution in [0.25, 0.3) is 0 Å². The van der Waals surface area contributed by atoms with Crippen molar-refractivity contribution >= 4 is 51.2 Å². The van der Waals surface area contributed by atoms with Crippen LogP contribution in [0, 0.1) is 7.14 Å². The molecule has 0 heterocycles. The first-order valence-electron chi connectivity index (χ1n) is 4.23. The van der Waals surface area contributed by atoms with E-state index in [2.05, 4.69) is 45.2 Å². The van der Waals surface area contributed by atoms with Crippen LogP contribution in [0.15, 0.2) is 12.1 Å². The van der Waals surface area contributed by atoms with Crippen molar-refractivity contribution in [1.82, 2.24) is 0 Å². The molecule has 0 spiro atoms. The zero-order valence-corrected chi connectivity index (χ0v) is 12.6. The monoisotopic (exact) mass is 432 g/mol. The Hall–Kier alpha value is -0.0500. The lowest BCUT2D eigenvalue weighted by Crippen LogP contribution is -2.10. The van der Waals surface area contributed by atoms with Crippen molar-refractivity contribution in [3.63, 3.8) is 0 Å². The third-order valence-corrected chi connectivity index (χ3v) is 3.50. The van der Waals surface area contributed by atoms with Crippen LogP contribution in [0.1, 0.15) is 18.4 Å². The first kappa shape index (κ1) is 13.0. The van der Waals surface area contributed by atoms with Gasteiger partial charge >= 0.3 is 5.97 Å². The summed E-state index contributed by atoms with van der Waals surface area (Å²) in [4.78, 5) is 10.9. The van der Waals surface area contributed by atoms with Gasteiger partial charge in [0.1, 0.15) is 5.75 Å². The van der Waals surface area contributed by atoms with Crippen LogP contribution in [0.4, 0.5) is 0 Å². The van der Waals surface area contributed by atoms with Crippen LogP contribution in [0.2, 0.25) is 0 Å². The number of hydrogen-bond acceptors (Lipinski definition) is 2. The number of ether oxygens (including phenoxy) is 1. The predicted molar refractivity (Wildman–Crippen MR) is 74.5 cm³/mol. The molecule has 15 heavy (non-hydrogen) atoms. The highest BCUT2D eigenvalue weighted by Crippen LogP contribution is 2.33. The standard InChI is InChI=1S/C10H10I2O3/c1-5(10(13)14)7-3-6(11)4-8(12)9(7)15-2/h3-5H,1-2H3,(H,13,14). The molecular weight excluding hydrogens is 422 g/mol. The molecule has 1 aromatic carbocycles. The van der Waals surface area contributed by atoms with Crippen LogP contribution in [-0.2, 0) is 4.79 Å². The molecule has 1 atom stereocenters. The molecule has 0 aliphatic carbocycles. The van der Waals surface area contributed by atoms with Gasteiger partial charge in [-0.1, -0.05) is 0 Å². The highest BCUT2D eigenvalue weighted by molar-refractivity contribution is 14.1. The second-order valence-corrected chi connectivity index (χ2v) is 5.48. The molecule has 1 unspecified atom stereocenters. The molecule has 0 amide bonds. The Kier molecular flexibility index (Phi) is 4.63. The van der Waals surface area contributed by atoms with E-state index in [1.807, 2.05) is 12.1 Å². The molecular formula is C10H10I2O3. The molecule has 1 N–H and O–H groups in total. The highest BCUT2D eigenvalue weighted by Gasteiger charge is 2.20. The third-order valence-electron chi connectivity index (χ3n) is 2.08. The van der Waals surface area contributed by atoms with Gasteiger partial charge in [-0.15, -0.1) is 0 Å². The summed E-state index contributed by atoms with van der Waals surface area (Å²) >= 11 is 4.31. The topological polar surface area (TPSA) is 46.5 Å². The summed E-state index contributed by atoms with van der Waals surface area (Å²) in [6.45, 7) is 1.66. The molecule has 5 heteroatoms. The number of carboxylic acids is 1. The molecule has 0 saturated carbocycles. The highest BCUT2D eigenvalue weighted by atomic mass is 127. The fourth-order valence-electron chi connectivity index (χ4n) is 1.25. The minimum absolute atomic E-state index is 0.553. The Morgan fingerprint density at radius 3 is 2.53 bits per heavy atom. The lowest BCUT2D eigenvalue weighted by Gasteiger charge is -2.14. The molecule has 0 radical (unpaired) electrons. The first-order valence-corrected chi connectivity index (χ1v) is 6.38. The number of halogens is 2. The fraction of sp³-hybridized carbons (Fsp3) is 0.300. The Balaban J connectivity index is 3.32. The average Bonchev–Trinajstić information content (AvgIpc) is 2.15. The minimum Gasteiger partial charge on any atom is -0.495 e. The number of aliphatic carboxylic acids is 1. The fourth-order valence-corrected chi connectivity index (χ4v) is 3.36. The van der Waals surface area contributed by atoms with Gasteiger partial charge in [-0.3, -0.25) is 4.79 Å². The number of carbonyl (C=O) groups is 1. The van der Waals surface area contributed by atoms with E-state index in [1.165, 1.54) is 0 Å². The van der Waals surface area contributed by atoms with Gasteiger partial charge in [0.25, 0.3) is 0 Å². The summed E-state index contributed by atoms with van der Waals surface area (Å²) in [7, 11) is 1.56. The van der Waals surface area contributed by atoms with E-state index in [1.54, 1.807) is 14.0 Å². The van der Waals surface area contributed by atoms with Crippen molar-refractivity contribution in [3.8, 4) is 5.75 Å². The summed E-state index contributed by atoms with van der Waals surface area (Å²) in [5.41, 5.74) is 0.723. The summed E-state index contributed by atoms with van der Waals surface area (Å²) in [5.74, 6) is -0.736. The van der Waals surface area contributed by atoms with Gasteiger partial charge < -0.3 is 9.84 Å². The van der Waals surface area contributed by atoms with Crippen molar-refractivity contribution < 1.29 is 14.6 Å². The van der Waals surface area contributed by atoms with E-state index < -0.39 is 11.9 Å². The van der Waals surface area contributed by atoms with Gasteiger partial charge in [-0.25, -0.2) is 0 Å². The molecule has 0 saturated heterocycles. The second kappa shape index (κ2) is 5.33. The van der Waals surface area contributed by atoms with Crippen LogP contribution in [-0.4, -0.2) is 18.2 Å². The first-order chi connectivity index (χ1) is 6.97. The number of benzene rings is 1. The summed E-state index contributed by atoms with van der Waals surface area (Å²) in [5, 5.41) is 8.98. The predicted octanol–water partition coefficient (Wildman–Crippen LogP) is 3.09. The number of hydrogen-bond donors (Lipinski definition) is 1. The largest absolute Gasteiger partial charge is 0.495 e. The maximum Gasteiger partial charge on any atom is 0.310 e. The lowest BCUT2D eigenvalue weighted by molar-refractivity contribution is -0.138. The molecule has 0 fully saturated rings. The molecule has 82 valence electrons. The molecule has 0 aromatic heterocycles. The smallest absolute Gasteiger partial charge is 0.310 e. The number of carboxylic acid groups (broad SMARTS) is 1. The second-order valence-electron chi connectivity index (χ2n) is 3.07. The van der Waals surface area contributed by atoms with Crippen molar-refractivity contribution in [1.29, 1.82) is 0 Å². The van der Waals surface area contributed by atoms with Gasteiger partial charge in [0.05, 0.1) is 16.6 Å². The van der Waals surface area contributed by atoms with E-state index >= 15 is 0 Å². The molecule has 0 aliphatic heterocycles. The Morgan fingerprint density at radius 1 is 1.47 bits per heavy atom. The molecule has 1 aromatic rings. The summed E-state index contributed by atoms with van der Waals surface area (Å²) in [6, 6.07) is 3.80. The number of rotatable bonds is 3. The van der Waals surface area contributed by atoms with Crippen LogP contribution >= 0.6 is 45.2 Å². The van der Waals surface area contributed by atoms with Crippen molar-refractivity contribution in [3.05, 3.63) is 24.8 Å². The van der Waals surface area contributed by atoms with Gasteiger partial charge in [0.15, 0.2) is 0 Å². The van der Waals surface area contributed by atoms with E-state index in [9.17, 15) is 4.79 Å². The van der Waals surface area contributed by atoms with Gasteiger partial charge in [-0.05, 0) is 64.2 Å². The lowest BCUT2D eigenvalue weighted by atomic mass is 10.0. The minimum atomic E-state index is -0.842. The maximum absolute atomic E-state index is 10.9. The zero-order valence-electron chi connectivity index (χ0n) is 8.25. The van der Waals surface area contributed by atoms with E-state index in [-0.39, 0.29) is 0 Å². The van der Waals surface area contributed by atoms with Crippen molar-refractivity contribution in [2.75, 3.05) is 7.11 Å². The zero-order chi connectivity index (χ0) is 11.6. The molecule has 3 nitrogen and oxygen atoms in total. The Morgan fingerprint density at radius 2 is 2.07 bits per heavy atom. The van der Waals surface area contributed by atoms with Crippen LogP contribution in [0.3, 0.4) is 0 Å². The van der Waals surface area contributed by atoms with E-state index in [0.29, 0.717) is 5.75 Å². The summed E-state index contributed by atoms with van der Waals surface area (Å²) < 4.78 is 7.18. The molecule has 0 bridgehead atoms. The van der Waals surface area contributed by atoms with Crippen LogP contribution < -0.4 is 4.74 Å². The quantitative estimate of drug-likeness (QED) is 0.748.